The third-order valence-electron chi connectivity index (χ3n) is 1.96. The highest BCUT2D eigenvalue weighted by atomic mass is 16.5. The lowest BCUT2D eigenvalue weighted by Crippen LogP contribution is -2.12. The van der Waals surface area contributed by atoms with Crippen LogP contribution >= 0.6 is 0 Å². The van der Waals surface area contributed by atoms with Gasteiger partial charge in [-0.3, -0.25) is 0 Å². The van der Waals surface area contributed by atoms with Crippen molar-refractivity contribution in [2.24, 2.45) is 0 Å². The summed E-state index contributed by atoms with van der Waals surface area (Å²) in [6, 6.07) is 0. The molecular formula is C11H23O2. The monoisotopic (exact) mass is 187 g/mol. The average Bonchev–Trinajstić information content (AvgIpc) is 2.16. The van der Waals surface area contributed by atoms with Crippen molar-refractivity contribution in [3.63, 3.8) is 0 Å². The van der Waals surface area contributed by atoms with Crippen LogP contribution in [0, 0.1) is 6.92 Å². The van der Waals surface area contributed by atoms with Gasteiger partial charge >= 0.3 is 0 Å². The van der Waals surface area contributed by atoms with Crippen LogP contribution in [0.1, 0.15) is 39.5 Å². The highest BCUT2D eigenvalue weighted by molar-refractivity contribution is 4.54. The number of hydrogen-bond acceptors (Lipinski definition) is 2. The molecule has 13 heavy (non-hydrogen) atoms. The lowest BCUT2D eigenvalue weighted by Gasteiger charge is -2.14. The predicted molar refractivity (Wildman–Crippen MR) is 55.7 cm³/mol. The van der Waals surface area contributed by atoms with Gasteiger partial charge in [-0.2, -0.15) is 0 Å². The summed E-state index contributed by atoms with van der Waals surface area (Å²) in [5.74, 6) is 0. The summed E-state index contributed by atoms with van der Waals surface area (Å²) in [7, 11) is 0. The molecular weight excluding hydrogens is 164 g/mol. The van der Waals surface area contributed by atoms with Crippen molar-refractivity contribution in [3.8, 4) is 0 Å². The Kier molecular flexibility index (Phi) is 9.94. The molecule has 0 aliphatic carbocycles. The molecule has 0 N–H and O–H groups in total. The second kappa shape index (κ2) is 10.0. The summed E-state index contributed by atoms with van der Waals surface area (Å²) in [5.41, 5.74) is 0. The molecule has 0 saturated heterocycles. The quantitative estimate of drug-likeness (QED) is 0.517. The van der Waals surface area contributed by atoms with Crippen LogP contribution in [0.15, 0.2) is 0 Å². The van der Waals surface area contributed by atoms with E-state index in [9.17, 15) is 0 Å². The van der Waals surface area contributed by atoms with Crippen LogP contribution in [0.5, 0.6) is 0 Å². The molecule has 0 aliphatic heterocycles. The molecule has 0 amide bonds. The molecule has 79 valence electrons. The van der Waals surface area contributed by atoms with Crippen LogP contribution in [-0.4, -0.2) is 25.9 Å². The number of hydrogen-bond donors (Lipinski definition) is 0. The molecule has 0 aromatic heterocycles. The minimum atomic E-state index is 0.424. The first-order chi connectivity index (χ1) is 6.35. The Labute approximate surface area is 82.6 Å². The zero-order chi connectivity index (χ0) is 9.94. The normalized spacial score (nSPS) is 13.2. The summed E-state index contributed by atoms with van der Waals surface area (Å²) in [5, 5.41) is 0. The van der Waals surface area contributed by atoms with Gasteiger partial charge in [-0.25, -0.2) is 0 Å². The van der Waals surface area contributed by atoms with Crippen LogP contribution in [-0.2, 0) is 9.47 Å². The minimum absolute atomic E-state index is 0.424. The van der Waals surface area contributed by atoms with Gasteiger partial charge in [0.15, 0.2) is 0 Å². The van der Waals surface area contributed by atoms with Crippen molar-refractivity contribution >= 4 is 0 Å². The SMILES string of the molecule is [CH2]CCOCCCC(CC)OCC. The molecule has 0 spiro atoms. The highest BCUT2D eigenvalue weighted by Gasteiger charge is 2.04. The summed E-state index contributed by atoms with van der Waals surface area (Å²) < 4.78 is 10.9. The molecule has 0 aliphatic rings. The summed E-state index contributed by atoms with van der Waals surface area (Å²) in [6.07, 6.45) is 4.60. The first-order valence-corrected chi connectivity index (χ1v) is 5.33. The van der Waals surface area contributed by atoms with Crippen molar-refractivity contribution in [2.45, 2.75) is 45.6 Å². The highest BCUT2D eigenvalue weighted by Crippen LogP contribution is 2.06. The Morgan fingerprint density at radius 3 is 2.54 bits per heavy atom. The zero-order valence-corrected chi connectivity index (χ0v) is 9.05. The molecule has 0 aromatic rings. The predicted octanol–water partition coefficient (Wildman–Crippen LogP) is 2.82. The Hall–Kier alpha value is -0.0800. The van der Waals surface area contributed by atoms with Gasteiger partial charge in [0.2, 0.25) is 0 Å². The molecule has 1 unspecified atom stereocenters. The molecule has 1 radical (unpaired) electrons. The van der Waals surface area contributed by atoms with Crippen LogP contribution in [0.4, 0.5) is 0 Å². The van der Waals surface area contributed by atoms with Crippen LogP contribution in [0.3, 0.4) is 0 Å². The summed E-state index contributed by atoms with van der Waals surface area (Å²) in [6.45, 7) is 10.4. The number of rotatable bonds is 9. The standard InChI is InChI=1S/C11H23O2/c1-4-9-12-10-7-8-11(5-2)13-6-3/h11H,1,4-10H2,2-3H3. The second-order valence-corrected chi connectivity index (χ2v) is 3.09. The maximum atomic E-state index is 5.53. The van der Waals surface area contributed by atoms with Crippen molar-refractivity contribution < 1.29 is 9.47 Å². The topological polar surface area (TPSA) is 18.5 Å². The van der Waals surface area contributed by atoms with Crippen molar-refractivity contribution in [2.75, 3.05) is 19.8 Å². The van der Waals surface area contributed by atoms with Crippen molar-refractivity contribution in [1.29, 1.82) is 0 Å². The van der Waals surface area contributed by atoms with E-state index in [1.165, 1.54) is 0 Å². The van der Waals surface area contributed by atoms with E-state index in [-0.39, 0.29) is 0 Å². The fourth-order valence-electron chi connectivity index (χ4n) is 1.26. The smallest absolute Gasteiger partial charge is 0.0573 e. The van der Waals surface area contributed by atoms with Gasteiger partial charge in [-0.05, 0) is 32.6 Å². The third-order valence-corrected chi connectivity index (χ3v) is 1.96. The molecule has 1 atom stereocenters. The van der Waals surface area contributed by atoms with Crippen molar-refractivity contribution in [1.82, 2.24) is 0 Å². The van der Waals surface area contributed by atoms with Gasteiger partial charge in [0.25, 0.3) is 0 Å². The first-order valence-electron chi connectivity index (χ1n) is 5.33. The second-order valence-electron chi connectivity index (χ2n) is 3.09. The van der Waals surface area contributed by atoms with Gasteiger partial charge < -0.3 is 9.47 Å². The molecule has 0 heterocycles. The van der Waals surface area contributed by atoms with E-state index < -0.39 is 0 Å². The van der Waals surface area contributed by atoms with Gasteiger partial charge in [-0.1, -0.05) is 13.8 Å². The first kappa shape index (κ1) is 12.9. The molecule has 2 nitrogen and oxygen atoms in total. The van der Waals surface area contributed by atoms with E-state index in [2.05, 4.69) is 13.8 Å². The average molecular weight is 187 g/mol. The Balaban J connectivity index is 3.17. The van der Waals surface area contributed by atoms with Gasteiger partial charge in [0, 0.05) is 19.8 Å². The van der Waals surface area contributed by atoms with E-state index in [1.54, 1.807) is 0 Å². The van der Waals surface area contributed by atoms with E-state index in [4.69, 9.17) is 9.47 Å². The lowest BCUT2D eigenvalue weighted by molar-refractivity contribution is 0.0433. The molecule has 2 heteroatoms. The van der Waals surface area contributed by atoms with E-state index in [0.29, 0.717) is 6.10 Å². The van der Waals surface area contributed by atoms with Gasteiger partial charge in [-0.15, -0.1) is 0 Å². The van der Waals surface area contributed by atoms with Crippen LogP contribution in [0.2, 0.25) is 0 Å². The Morgan fingerprint density at radius 2 is 2.00 bits per heavy atom. The lowest BCUT2D eigenvalue weighted by atomic mass is 10.1. The molecule has 0 fully saturated rings. The van der Waals surface area contributed by atoms with Crippen molar-refractivity contribution in [3.05, 3.63) is 6.92 Å². The Morgan fingerprint density at radius 1 is 1.23 bits per heavy atom. The third kappa shape index (κ3) is 8.26. The van der Waals surface area contributed by atoms with Gasteiger partial charge in [0.1, 0.15) is 0 Å². The fourth-order valence-corrected chi connectivity index (χ4v) is 1.26. The van der Waals surface area contributed by atoms with Gasteiger partial charge in [0.05, 0.1) is 6.10 Å². The maximum Gasteiger partial charge on any atom is 0.0573 e. The fraction of sp³-hybridized carbons (Fsp3) is 0.909. The molecule has 0 bridgehead atoms. The van der Waals surface area contributed by atoms with E-state index in [0.717, 1.165) is 45.5 Å². The summed E-state index contributed by atoms with van der Waals surface area (Å²) >= 11 is 0. The van der Waals surface area contributed by atoms with Crippen LogP contribution < -0.4 is 0 Å². The molecule has 0 aromatic carbocycles. The minimum Gasteiger partial charge on any atom is -0.381 e. The molecule has 0 saturated carbocycles. The van der Waals surface area contributed by atoms with Crippen LogP contribution in [0.25, 0.3) is 0 Å². The van der Waals surface area contributed by atoms with E-state index in [1.807, 2.05) is 6.92 Å². The molecule has 0 rings (SSSR count). The largest absolute Gasteiger partial charge is 0.381 e. The zero-order valence-electron chi connectivity index (χ0n) is 9.05. The maximum absolute atomic E-state index is 5.53. The number of ether oxygens (including phenoxy) is 2. The Bertz CT molecular complexity index is 94.1. The van der Waals surface area contributed by atoms with E-state index >= 15 is 0 Å². The summed E-state index contributed by atoms with van der Waals surface area (Å²) in [4.78, 5) is 0.